The second-order valence-corrected chi connectivity index (χ2v) is 10.2. The van der Waals surface area contributed by atoms with Gasteiger partial charge in [-0.15, -0.1) is 5.54 Å². The van der Waals surface area contributed by atoms with Crippen molar-refractivity contribution in [1.29, 1.82) is 0 Å². The maximum absolute atomic E-state index is 11.4. The Morgan fingerprint density at radius 3 is 2.62 bits per heavy atom. The summed E-state index contributed by atoms with van der Waals surface area (Å²) < 4.78 is 0. The number of hydrogen-bond donors (Lipinski definition) is 1. The van der Waals surface area contributed by atoms with Gasteiger partial charge in [-0.3, -0.25) is 4.79 Å². The molecule has 0 bridgehead atoms. The van der Waals surface area contributed by atoms with Crippen molar-refractivity contribution in [3.8, 4) is 11.5 Å². The highest BCUT2D eigenvalue weighted by atomic mass is 28.3. The molecule has 1 atom stereocenters. The molecule has 0 aliphatic heterocycles. The van der Waals surface area contributed by atoms with Gasteiger partial charge in [0.1, 0.15) is 8.07 Å². The van der Waals surface area contributed by atoms with Crippen molar-refractivity contribution in [1.82, 2.24) is 0 Å². The van der Waals surface area contributed by atoms with E-state index in [0.717, 1.165) is 6.26 Å². The summed E-state index contributed by atoms with van der Waals surface area (Å²) in [7, 11) is -1.40. The lowest BCUT2D eigenvalue weighted by atomic mass is 9.79. The molecule has 86 valence electrons. The van der Waals surface area contributed by atoms with E-state index >= 15 is 0 Å². The van der Waals surface area contributed by atoms with Crippen LogP contribution in [0, 0.1) is 16.9 Å². The van der Waals surface area contributed by atoms with Crippen LogP contribution in [0.3, 0.4) is 0 Å². The third kappa shape index (κ3) is 3.39. The fraction of sp³-hybridized carbons (Fsp3) is 0.462. The molecule has 0 fully saturated rings. The highest BCUT2D eigenvalue weighted by Gasteiger charge is 2.27. The third-order valence-electron chi connectivity index (χ3n) is 2.36. The molecule has 0 aromatic heterocycles. The van der Waals surface area contributed by atoms with Gasteiger partial charge in [-0.25, -0.2) is 0 Å². The smallest absolute Gasteiger partial charge is 0.184 e. The summed E-state index contributed by atoms with van der Waals surface area (Å²) in [5.74, 6) is 3.13. The molecule has 0 aromatic carbocycles. The van der Waals surface area contributed by atoms with E-state index in [1.165, 1.54) is 6.08 Å². The Hall–Kier alpha value is -1.27. The minimum Gasteiger partial charge on any atom is -0.515 e. The lowest BCUT2D eigenvalue weighted by Crippen LogP contribution is -2.23. The Morgan fingerprint density at radius 1 is 1.50 bits per heavy atom. The van der Waals surface area contributed by atoms with Crippen molar-refractivity contribution >= 4 is 13.9 Å². The molecule has 1 unspecified atom stereocenters. The van der Waals surface area contributed by atoms with Gasteiger partial charge >= 0.3 is 0 Å². The Kier molecular flexibility index (Phi) is 3.44. The molecule has 1 aliphatic carbocycles. The van der Waals surface area contributed by atoms with Crippen molar-refractivity contribution in [3.05, 3.63) is 24.0 Å². The summed E-state index contributed by atoms with van der Waals surface area (Å²) in [6, 6.07) is 0. The van der Waals surface area contributed by atoms with Gasteiger partial charge in [0.05, 0.1) is 11.7 Å². The zero-order valence-corrected chi connectivity index (χ0v) is 11.3. The number of ketones is 1. The summed E-state index contributed by atoms with van der Waals surface area (Å²) >= 11 is 0. The number of carbonyl (C=O) groups excluding carboxylic acids is 1. The average molecular weight is 234 g/mol. The molecule has 1 rings (SSSR count). The summed E-state index contributed by atoms with van der Waals surface area (Å²) in [6.45, 7) is 8.55. The molecule has 0 radical (unpaired) electrons. The van der Waals surface area contributed by atoms with Crippen molar-refractivity contribution in [2.45, 2.75) is 33.0 Å². The van der Waals surface area contributed by atoms with Crippen molar-refractivity contribution < 1.29 is 9.90 Å². The predicted octanol–water partition coefficient (Wildman–Crippen LogP) is 2.84. The summed E-state index contributed by atoms with van der Waals surface area (Å²) in [5, 5.41) is 8.97. The number of hydrogen-bond acceptors (Lipinski definition) is 2. The fourth-order valence-corrected chi connectivity index (χ4v) is 2.09. The molecule has 0 saturated carbocycles. The first kappa shape index (κ1) is 12.8. The van der Waals surface area contributed by atoms with Gasteiger partial charge in [0.25, 0.3) is 0 Å². The number of aliphatic hydroxyl groups excluding tert-OH is 1. The molecule has 0 amide bonds. The van der Waals surface area contributed by atoms with Crippen molar-refractivity contribution in [3.63, 3.8) is 0 Å². The van der Waals surface area contributed by atoms with E-state index in [9.17, 15) is 4.79 Å². The molecule has 1 aliphatic rings. The van der Waals surface area contributed by atoms with Crippen molar-refractivity contribution in [2.75, 3.05) is 0 Å². The van der Waals surface area contributed by atoms with Crippen LogP contribution in [-0.4, -0.2) is 19.0 Å². The monoisotopic (exact) mass is 234 g/mol. The van der Waals surface area contributed by atoms with E-state index in [-0.39, 0.29) is 11.2 Å². The summed E-state index contributed by atoms with van der Waals surface area (Å²) in [5.41, 5.74) is 3.43. The quantitative estimate of drug-likeness (QED) is 0.303. The van der Waals surface area contributed by atoms with Gasteiger partial charge < -0.3 is 5.11 Å². The van der Waals surface area contributed by atoms with Gasteiger partial charge in [0.15, 0.2) is 5.78 Å². The Morgan fingerprint density at radius 2 is 2.12 bits per heavy atom. The van der Waals surface area contributed by atoms with Gasteiger partial charge in [-0.2, -0.15) is 0 Å². The van der Waals surface area contributed by atoms with Crippen LogP contribution >= 0.6 is 0 Å². The zero-order valence-electron chi connectivity index (χ0n) is 10.3. The highest BCUT2D eigenvalue weighted by molar-refractivity contribution is 6.83. The van der Waals surface area contributed by atoms with E-state index in [0.29, 0.717) is 12.0 Å². The largest absolute Gasteiger partial charge is 0.515 e. The van der Waals surface area contributed by atoms with Crippen LogP contribution < -0.4 is 0 Å². The van der Waals surface area contributed by atoms with Gasteiger partial charge in [-0.05, 0) is 19.4 Å². The minimum absolute atomic E-state index is 0.116. The molecule has 3 heteroatoms. The second kappa shape index (κ2) is 4.30. The predicted molar refractivity (Wildman–Crippen MR) is 68.7 cm³/mol. The van der Waals surface area contributed by atoms with Crippen LogP contribution in [-0.2, 0) is 4.79 Å². The molecule has 0 heterocycles. The Bertz CT molecular complexity index is 415. The maximum Gasteiger partial charge on any atom is 0.184 e. The molecule has 0 spiro atoms. The summed E-state index contributed by atoms with van der Waals surface area (Å²) in [4.78, 5) is 11.4. The lowest BCUT2D eigenvalue weighted by molar-refractivity contribution is -0.112. The first-order chi connectivity index (χ1) is 7.26. The topological polar surface area (TPSA) is 37.3 Å². The molecule has 0 aromatic rings. The standard InChI is InChI=1S/C13H18O2Si/c1-13(7-8-16(2,3)4)6-5-12(15)11(9-13)10-14/h5-6,10,14H,9H2,1-4H3/b11-10+. The van der Waals surface area contributed by atoms with Crippen LogP contribution in [0.1, 0.15) is 13.3 Å². The lowest BCUT2D eigenvalue weighted by Gasteiger charge is -2.24. The van der Waals surface area contributed by atoms with Crippen LogP contribution in [0.4, 0.5) is 0 Å². The normalized spacial score (nSPS) is 27.8. The van der Waals surface area contributed by atoms with E-state index in [1.807, 2.05) is 13.0 Å². The fourth-order valence-electron chi connectivity index (χ4n) is 1.43. The Balaban J connectivity index is 3.00. The number of rotatable bonds is 0. The maximum atomic E-state index is 11.4. The van der Waals surface area contributed by atoms with Gasteiger partial charge in [0.2, 0.25) is 0 Å². The number of carbonyl (C=O) groups is 1. The zero-order chi connectivity index (χ0) is 12.4. The average Bonchev–Trinajstić information content (AvgIpc) is 2.19. The highest BCUT2D eigenvalue weighted by Crippen LogP contribution is 2.31. The van der Waals surface area contributed by atoms with Gasteiger partial charge in [-0.1, -0.05) is 31.6 Å². The first-order valence-corrected chi connectivity index (χ1v) is 8.87. The van der Waals surface area contributed by atoms with E-state index in [4.69, 9.17) is 5.11 Å². The number of allylic oxidation sites excluding steroid dienone is 3. The van der Waals surface area contributed by atoms with Crippen LogP contribution in [0.25, 0.3) is 0 Å². The molecular formula is C13H18O2Si. The molecular weight excluding hydrogens is 216 g/mol. The second-order valence-electron chi connectivity index (χ2n) is 5.45. The summed E-state index contributed by atoms with van der Waals surface area (Å²) in [6.07, 6.45) is 4.75. The van der Waals surface area contributed by atoms with Crippen LogP contribution in [0.15, 0.2) is 24.0 Å². The van der Waals surface area contributed by atoms with E-state index < -0.39 is 8.07 Å². The first-order valence-electron chi connectivity index (χ1n) is 5.37. The molecule has 1 N–H and O–H groups in total. The SMILES string of the molecule is CC1(C#C[Si](C)(C)C)C=CC(=O)/C(=C/O)C1. The van der Waals surface area contributed by atoms with Crippen molar-refractivity contribution in [2.24, 2.45) is 5.41 Å². The molecule has 0 saturated heterocycles. The van der Waals surface area contributed by atoms with E-state index in [1.54, 1.807) is 0 Å². The third-order valence-corrected chi connectivity index (χ3v) is 3.23. The molecule has 16 heavy (non-hydrogen) atoms. The van der Waals surface area contributed by atoms with E-state index in [2.05, 4.69) is 31.1 Å². The Labute approximate surface area is 98.1 Å². The molecule has 2 nitrogen and oxygen atoms in total. The number of aliphatic hydroxyl groups is 1. The minimum atomic E-state index is -1.40. The van der Waals surface area contributed by atoms with Crippen LogP contribution in [0.5, 0.6) is 0 Å². The van der Waals surface area contributed by atoms with Gasteiger partial charge in [0, 0.05) is 5.57 Å². The van der Waals surface area contributed by atoms with Crippen LogP contribution in [0.2, 0.25) is 19.6 Å².